The van der Waals surface area contributed by atoms with Crippen LogP contribution in [0, 0.1) is 0 Å². The Kier molecular flexibility index (Phi) is 6.06. The van der Waals surface area contributed by atoms with Gasteiger partial charge in [-0.2, -0.15) is 0 Å². The third-order valence-corrected chi connectivity index (χ3v) is 4.79. The molecule has 3 aromatic carbocycles. The third kappa shape index (κ3) is 4.85. The summed E-state index contributed by atoms with van der Waals surface area (Å²) >= 11 is 0. The number of carbonyl (C=O) groups is 2. The fourth-order valence-electron chi connectivity index (χ4n) is 3.19. The lowest BCUT2D eigenvalue weighted by Crippen LogP contribution is -2.24. The molecule has 0 fully saturated rings. The first-order valence-electron chi connectivity index (χ1n) is 9.74. The Morgan fingerprint density at radius 2 is 1.57 bits per heavy atom. The predicted octanol–water partition coefficient (Wildman–Crippen LogP) is 3.32. The molecule has 0 saturated carbocycles. The molecule has 1 aliphatic rings. The van der Waals surface area contributed by atoms with Gasteiger partial charge in [0.2, 0.25) is 6.79 Å². The van der Waals surface area contributed by atoms with Gasteiger partial charge in [0.05, 0.1) is 6.54 Å². The van der Waals surface area contributed by atoms with Crippen LogP contribution in [0.25, 0.3) is 0 Å². The average molecular weight is 402 g/mol. The summed E-state index contributed by atoms with van der Waals surface area (Å²) in [6, 6.07) is 22.2. The van der Waals surface area contributed by atoms with Gasteiger partial charge in [-0.15, -0.1) is 0 Å². The molecule has 1 aliphatic heterocycles. The zero-order valence-electron chi connectivity index (χ0n) is 16.4. The standard InChI is InChI=1S/C24H22N2O4/c27-21(15-25-13-17-5-2-1-3-6-17)19-7-4-8-20(12-19)24(28)26-14-18-9-10-22-23(11-18)30-16-29-22/h1-12,25H,13-16H2,(H,26,28). The van der Waals surface area contributed by atoms with Crippen molar-refractivity contribution in [2.75, 3.05) is 13.3 Å². The van der Waals surface area contributed by atoms with Crippen LogP contribution in [0.15, 0.2) is 72.8 Å². The molecule has 0 unspecified atom stereocenters. The Bertz CT molecular complexity index is 1050. The first-order valence-corrected chi connectivity index (χ1v) is 9.74. The summed E-state index contributed by atoms with van der Waals surface area (Å²) in [7, 11) is 0. The minimum atomic E-state index is -0.237. The van der Waals surface area contributed by atoms with Crippen LogP contribution in [0.4, 0.5) is 0 Å². The number of hydrogen-bond donors (Lipinski definition) is 2. The van der Waals surface area contributed by atoms with Crippen LogP contribution >= 0.6 is 0 Å². The molecule has 4 rings (SSSR count). The molecule has 0 spiro atoms. The van der Waals surface area contributed by atoms with E-state index in [1.165, 1.54) is 0 Å². The molecule has 1 heterocycles. The molecule has 0 saturated heterocycles. The topological polar surface area (TPSA) is 76.7 Å². The normalized spacial score (nSPS) is 11.9. The Labute approximate surface area is 174 Å². The van der Waals surface area contributed by atoms with E-state index in [1.54, 1.807) is 24.3 Å². The monoisotopic (exact) mass is 402 g/mol. The zero-order chi connectivity index (χ0) is 20.8. The Morgan fingerprint density at radius 3 is 2.43 bits per heavy atom. The van der Waals surface area contributed by atoms with Gasteiger partial charge in [0.25, 0.3) is 5.91 Å². The van der Waals surface area contributed by atoms with E-state index in [0.29, 0.717) is 35.7 Å². The van der Waals surface area contributed by atoms with Crippen LogP contribution in [0.2, 0.25) is 0 Å². The van der Waals surface area contributed by atoms with E-state index in [2.05, 4.69) is 10.6 Å². The second-order valence-electron chi connectivity index (χ2n) is 6.96. The fraction of sp³-hybridized carbons (Fsp3) is 0.167. The van der Waals surface area contributed by atoms with Crippen molar-refractivity contribution < 1.29 is 19.1 Å². The minimum Gasteiger partial charge on any atom is -0.454 e. The average Bonchev–Trinajstić information content (AvgIpc) is 3.26. The van der Waals surface area contributed by atoms with E-state index in [9.17, 15) is 9.59 Å². The van der Waals surface area contributed by atoms with Crippen LogP contribution in [-0.4, -0.2) is 25.0 Å². The number of benzene rings is 3. The van der Waals surface area contributed by atoms with Crippen LogP contribution in [-0.2, 0) is 13.1 Å². The van der Waals surface area contributed by atoms with E-state index in [0.717, 1.165) is 11.1 Å². The Balaban J connectivity index is 1.31. The van der Waals surface area contributed by atoms with Crippen molar-refractivity contribution in [2.24, 2.45) is 0 Å². The number of ether oxygens (including phenoxy) is 2. The summed E-state index contributed by atoms with van der Waals surface area (Å²) in [6.45, 7) is 1.39. The molecule has 152 valence electrons. The first-order chi connectivity index (χ1) is 14.7. The van der Waals surface area contributed by atoms with E-state index in [1.807, 2.05) is 48.5 Å². The largest absolute Gasteiger partial charge is 0.454 e. The second-order valence-corrected chi connectivity index (χ2v) is 6.96. The molecule has 0 aliphatic carbocycles. The van der Waals surface area contributed by atoms with E-state index in [-0.39, 0.29) is 25.0 Å². The van der Waals surface area contributed by atoms with Gasteiger partial charge < -0.3 is 20.1 Å². The van der Waals surface area contributed by atoms with E-state index < -0.39 is 0 Å². The van der Waals surface area contributed by atoms with Crippen molar-refractivity contribution in [3.8, 4) is 11.5 Å². The highest BCUT2D eigenvalue weighted by Crippen LogP contribution is 2.32. The number of amides is 1. The van der Waals surface area contributed by atoms with Crippen LogP contribution in [0.3, 0.4) is 0 Å². The van der Waals surface area contributed by atoms with Crippen LogP contribution in [0.5, 0.6) is 11.5 Å². The van der Waals surface area contributed by atoms with E-state index in [4.69, 9.17) is 9.47 Å². The highest BCUT2D eigenvalue weighted by Gasteiger charge is 2.14. The third-order valence-electron chi connectivity index (χ3n) is 4.79. The summed E-state index contributed by atoms with van der Waals surface area (Å²) in [4.78, 5) is 25.0. The van der Waals surface area contributed by atoms with Crippen LogP contribution < -0.4 is 20.1 Å². The number of fused-ring (bicyclic) bond motifs is 1. The number of nitrogens with one attached hydrogen (secondary N) is 2. The molecule has 2 N–H and O–H groups in total. The maximum atomic E-state index is 12.5. The highest BCUT2D eigenvalue weighted by atomic mass is 16.7. The lowest BCUT2D eigenvalue weighted by Gasteiger charge is -2.08. The summed E-state index contributed by atoms with van der Waals surface area (Å²) in [6.07, 6.45) is 0. The van der Waals surface area contributed by atoms with E-state index >= 15 is 0 Å². The highest BCUT2D eigenvalue weighted by molar-refractivity contribution is 6.01. The Hall–Kier alpha value is -3.64. The van der Waals surface area contributed by atoms with Crippen molar-refractivity contribution in [1.82, 2.24) is 10.6 Å². The molecule has 0 atom stereocenters. The molecule has 30 heavy (non-hydrogen) atoms. The number of Topliss-reactive ketones (excluding diaryl/α,β-unsaturated/α-hetero) is 1. The van der Waals surface area contributed by atoms with Crippen molar-refractivity contribution in [2.45, 2.75) is 13.1 Å². The Morgan fingerprint density at radius 1 is 0.767 bits per heavy atom. The van der Waals surface area contributed by atoms with Gasteiger partial charge >= 0.3 is 0 Å². The number of rotatable bonds is 8. The predicted molar refractivity (Wildman–Crippen MR) is 113 cm³/mol. The number of hydrogen-bond acceptors (Lipinski definition) is 5. The first kappa shape index (κ1) is 19.7. The molecule has 0 aromatic heterocycles. The number of carbonyl (C=O) groups excluding carboxylic acids is 2. The molecule has 6 nitrogen and oxygen atoms in total. The molecule has 1 amide bonds. The lowest BCUT2D eigenvalue weighted by atomic mass is 10.1. The van der Waals surface area contributed by atoms with Crippen molar-refractivity contribution in [3.63, 3.8) is 0 Å². The molecule has 0 bridgehead atoms. The van der Waals surface area contributed by atoms with Gasteiger partial charge in [-0.3, -0.25) is 9.59 Å². The summed E-state index contributed by atoms with van der Waals surface area (Å²) < 4.78 is 10.6. The van der Waals surface area contributed by atoms with Gasteiger partial charge in [-0.25, -0.2) is 0 Å². The van der Waals surface area contributed by atoms with Crippen molar-refractivity contribution >= 4 is 11.7 Å². The molecule has 6 heteroatoms. The second kappa shape index (κ2) is 9.24. The van der Waals surface area contributed by atoms with Gasteiger partial charge in [-0.1, -0.05) is 48.5 Å². The summed E-state index contributed by atoms with van der Waals surface area (Å²) in [5.41, 5.74) is 2.97. The van der Waals surface area contributed by atoms with Gasteiger partial charge in [-0.05, 0) is 35.4 Å². The molecule has 3 aromatic rings. The SMILES string of the molecule is O=C(CNCc1ccccc1)c1cccc(C(=O)NCc2ccc3c(c2)OCO3)c1. The molecular formula is C24H22N2O4. The van der Waals surface area contributed by atoms with Gasteiger partial charge in [0.1, 0.15) is 0 Å². The summed E-state index contributed by atoms with van der Waals surface area (Å²) in [5.74, 6) is 1.09. The van der Waals surface area contributed by atoms with Gasteiger partial charge in [0, 0.05) is 24.2 Å². The fourth-order valence-corrected chi connectivity index (χ4v) is 3.19. The molecular weight excluding hydrogens is 380 g/mol. The maximum absolute atomic E-state index is 12.5. The summed E-state index contributed by atoms with van der Waals surface area (Å²) in [5, 5.41) is 6.02. The zero-order valence-corrected chi connectivity index (χ0v) is 16.4. The smallest absolute Gasteiger partial charge is 0.251 e. The van der Waals surface area contributed by atoms with Crippen LogP contribution in [0.1, 0.15) is 31.8 Å². The van der Waals surface area contributed by atoms with Gasteiger partial charge in [0.15, 0.2) is 17.3 Å². The quantitative estimate of drug-likeness (QED) is 0.566. The molecule has 0 radical (unpaired) electrons. The van der Waals surface area contributed by atoms with Crippen molar-refractivity contribution in [3.05, 3.63) is 95.1 Å². The van der Waals surface area contributed by atoms with Crippen molar-refractivity contribution in [1.29, 1.82) is 0 Å². The lowest BCUT2D eigenvalue weighted by molar-refractivity contribution is 0.0951. The maximum Gasteiger partial charge on any atom is 0.251 e. The number of ketones is 1. The minimum absolute atomic E-state index is 0.0589.